The van der Waals surface area contributed by atoms with Crippen LogP contribution in [0.25, 0.3) is 0 Å². The summed E-state index contributed by atoms with van der Waals surface area (Å²) >= 11 is 5.94. The van der Waals surface area contributed by atoms with Gasteiger partial charge in [-0.2, -0.15) is 8.42 Å². The van der Waals surface area contributed by atoms with Crippen LogP contribution in [0.5, 0.6) is 0 Å². The first-order valence-corrected chi connectivity index (χ1v) is 8.89. The number of benzene rings is 1. The van der Waals surface area contributed by atoms with Crippen LogP contribution in [-0.2, 0) is 20.6 Å². The first kappa shape index (κ1) is 19.3. The van der Waals surface area contributed by atoms with E-state index in [-0.39, 0.29) is 11.6 Å². The molecule has 2 rings (SSSR count). The Balaban J connectivity index is 0.000000422. The predicted molar refractivity (Wildman–Crippen MR) is 85.5 cm³/mol. The fourth-order valence-corrected chi connectivity index (χ4v) is 2.38. The van der Waals surface area contributed by atoms with Gasteiger partial charge in [-0.25, -0.2) is 0 Å². The van der Waals surface area contributed by atoms with E-state index >= 15 is 0 Å². The lowest BCUT2D eigenvalue weighted by Gasteiger charge is -2.46. The standard InChI is InChI=1S/C13H18ClNO2.CH4O3S/c1-9-13(16,17-8-12(2,3)15-9)10-5-4-6-11(14)7-10;1-5(2,3)4/h4-7,9,15-16H,8H2,1-3H3;1H3,(H,2,3,4)/t9-,13+;/m0./s1. The van der Waals surface area contributed by atoms with Crippen molar-refractivity contribution in [3.8, 4) is 0 Å². The summed E-state index contributed by atoms with van der Waals surface area (Å²) in [5.41, 5.74) is 0.546. The molecule has 22 heavy (non-hydrogen) atoms. The van der Waals surface area contributed by atoms with Crippen molar-refractivity contribution >= 4 is 21.7 Å². The Bertz CT molecular complexity index is 611. The van der Waals surface area contributed by atoms with Crippen molar-refractivity contribution in [2.24, 2.45) is 0 Å². The fourth-order valence-electron chi connectivity index (χ4n) is 2.19. The fraction of sp³-hybridized carbons (Fsp3) is 0.571. The van der Waals surface area contributed by atoms with Crippen LogP contribution in [-0.4, -0.2) is 42.5 Å². The molecule has 3 N–H and O–H groups in total. The van der Waals surface area contributed by atoms with Crippen LogP contribution in [0.2, 0.25) is 5.02 Å². The van der Waals surface area contributed by atoms with Gasteiger partial charge < -0.3 is 15.2 Å². The van der Waals surface area contributed by atoms with E-state index in [1.807, 2.05) is 32.9 Å². The number of aliphatic hydroxyl groups is 1. The van der Waals surface area contributed by atoms with Crippen LogP contribution in [0.1, 0.15) is 26.3 Å². The number of halogens is 1. The Morgan fingerprint density at radius 2 is 1.95 bits per heavy atom. The summed E-state index contributed by atoms with van der Waals surface area (Å²) in [6.45, 7) is 6.43. The third-order valence-electron chi connectivity index (χ3n) is 3.09. The topological polar surface area (TPSA) is 95.9 Å². The van der Waals surface area contributed by atoms with Gasteiger partial charge in [0, 0.05) is 16.1 Å². The molecule has 1 saturated heterocycles. The number of rotatable bonds is 1. The molecule has 1 aromatic carbocycles. The van der Waals surface area contributed by atoms with Gasteiger partial charge in [0.2, 0.25) is 5.79 Å². The van der Waals surface area contributed by atoms with Crippen molar-refractivity contribution in [2.45, 2.75) is 38.1 Å². The summed E-state index contributed by atoms with van der Waals surface area (Å²) in [5.74, 6) is -1.32. The maximum Gasteiger partial charge on any atom is 0.261 e. The summed E-state index contributed by atoms with van der Waals surface area (Å²) in [6, 6.07) is 6.94. The molecule has 0 bridgehead atoms. The molecular weight excluding hydrogens is 330 g/mol. The molecule has 2 atom stereocenters. The molecule has 0 aromatic heterocycles. The molecule has 0 radical (unpaired) electrons. The van der Waals surface area contributed by atoms with Crippen molar-refractivity contribution in [3.05, 3.63) is 34.9 Å². The average Bonchev–Trinajstić information content (AvgIpc) is 2.32. The third-order valence-corrected chi connectivity index (χ3v) is 3.32. The van der Waals surface area contributed by atoms with E-state index in [0.717, 1.165) is 0 Å². The van der Waals surface area contributed by atoms with Crippen molar-refractivity contribution < 1.29 is 22.8 Å². The van der Waals surface area contributed by atoms with Gasteiger partial charge in [0.15, 0.2) is 0 Å². The Kier molecular flexibility index (Phi) is 6.00. The molecule has 0 spiro atoms. The summed E-state index contributed by atoms with van der Waals surface area (Å²) in [5, 5.41) is 14.6. The van der Waals surface area contributed by atoms with Gasteiger partial charge >= 0.3 is 0 Å². The molecule has 0 unspecified atom stereocenters. The molecule has 1 aliphatic rings. The SMILES string of the molecule is CS(=O)(=O)O.C[C@@H]1NC(C)(C)CO[C@@]1(O)c1cccc(Cl)c1. The molecule has 8 heteroatoms. The molecule has 1 aromatic rings. The third kappa shape index (κ3) is 5.83. The zero-order chi connectivity index (χ0) is 17.2. The summed E-state index contributed by atoms with van der Waals surface area (Å²) < 4.78 is 31.5. The second-order valence-electron chi connectivity index (χ2n) is 5.98. The zero-order valence-electron chi connectivity index (χ0n) is 13.0. The quantitative estimate of drug-likeness (QED) is 0.667. The summed E-state index contributed by atoms with van der Waals surface area (Å²) in [4.78, 5) is 0. The summed E-state index contributed by atoms with van der Waals surface area (Å²) in [7, 11) is -3.67. The highest BCUT2D eigenvalue weighted by Crippen LogP contribution is 2.33. The second kappa shape index (κ2) is 6.82. The number of hydrogen-bond acceptors (Lipinski definition) is 5. The Morgan fingerprint density at radius 3 is 2.41 bits per heavy atom. The van der Waals surface area contributed by atoms with Crippen molar-refractivity contribution in [1.29, 1.82) is 0 Å². The van der Waals surface area contributed by atoms with Crippen LogP contribution in [0, 0.1) is 0 Å². The maximum absolute atomic E-state index is 10.6. The van der Waals surface area contributed by atoms with Gasteiger partial charge in [0.05, 0.1) is 18.9 Å². The molecule has 0 amide bonds. The monoisotopic (exact) mass is 351 g/mol. The van der Waals surface area contributed by atoms with Crippen LogP contribution < -0.4 is 5.32 Å². The minimum atomic E-state index is -3.67. The Hall–Kier alpha value is -0.700. The predicted octanol–water partition coefficient (Wildman–Crippen LogP) is 1.78. The van der Waals surface area contributed by atoms with Crippen LogP contribution >= 0.6 is 11.6 Å². The minimum Gasteiger partial charge on any atom is -0.361 e. The molecule has 1 aliphatic heterocycles. The normalized spacial score (nSPS) is 27.7. The Morgan fingerprint density at radius 1 is 1.41 bits per heavy atom. The van der Waals surface area contributed by atoms with Crippen molar-refractivity contribution in [1.82, 2.24) is 5.32 Å². The maximum atomic E-state index is 10.6. The smallest absolute Gasteiger partial charge is 0.261 e. The molecule has 0 saturated carbocycles. The molecule has 0 aliphatic carbocycles. The van der Waals surface area contributed by atoms with Gasteiger partial charge in [-0.3, -0.25) is 4.55 Å². The minimum absolute atomic E-state index is 0.135. The number of nitrogens with one attached hydrogen (secondary N) is 1. The lowest BCUT2D eigenvalue weighted by Crippen LogP contribution is -2.63. The van der Waals surface area contributed by atoms with E-state index < -0.39 is 15.9 Å². The largest absolute Gasteiger partial charge is 0.361 e. The van der Waals surface area contributed by atoms with E-state index in [0.29, 0.717) is 23.4 Å². The molecular formula is C14H22ClNO5S. The van der Waals surface area contributed by atoms with Crippen molar-refractivity contribution in [3.63, 3.8) is 0 Å². The molecule has 6 nitrogen and oxygen atoms in total. The number of morpholine rings is 1. The van der Waals surface area contributed by atoms with E-state index in [4.69, 9.17) is 20.9 Å². The lowest BCUT2D eigenvalue weighted by atomic mass is 9.93. The van der Waals surface area contributed by atoms with Gasteiger partial charge in [-0.15, -0.1) is 0 Å². The summed E-state index contributed by atoms with van der Waals surface area (Å²) in [6.07, 6.45) is 0.715. The molecule has 1 fully saturated rings. The highest BCUT2D eigenvalue weighted by Gasteiger charge is 2.44. The van der Waals surface area contributed by atoms with Gasteiger partial charge in [0.25, 0.3) is 10.1 Å². The average molecular weight is 352 g/mol. The zero-order valence-corrected chi connectivity index (χ0v) is 14.6. The first-order chi connectivity index (χ1) is 9.83. The van der Waals surface area contributed by atoms with Crippen LogP contribution in [0.4, 0.5) is 0 Å². The highest BCUT2D eigenvalue weighted by atomic mass is 35.5. The number of hydrogen-bond donors (Lipinski definition) is 3. The molecule has 1 heterocycles. The highest BCUT2D eigenvalue weighted by molar-refractivity contribution is 7.85. The van der Waals surface area contributed by atoms with E-state index in [1.165, 1.54) is 0 Å². The second-order valence-corrected chi connectivity index (χ2v) is 7.88. The lowest BCUT2D eigenvalue weighted by molar-refractivity contribution is -0.263. The first-order valence-electron chi connectivity index (χ1n) is 6.66. The van der Waals surface area contributed by atoms with Crippen LogP contribution in [0.3, 0.4) is 0 Å². The molecule has 126 valence electrons. The van der Waals surface area contributed by atoms with Gasteiger partial charge in [-0.05, 0) is 32.9 Å². The van der Waals surface area contributed by atoms with Crippen molar-refractivity contribution in [2.75, 3.05) is 12.9 Å². The van der Waals surface area contributed by atoms with Gasteiger partial charge in [0.1, 0.15) is 0 Å². The van der Waals surface area contributed by atoms with Crippen LogP contribution in [0.15, 0.2) is 24.3 Å². The van der Waals surface area contributed by atoms with E-state index in [1.54, 1.807) is 12.1 Å². The van der Waals surface area contributed by atoms with E-state index in [9.17, 15) is 13.5 Å². The van der Waals surface area contributed by atoms with E-state index in [2.05, 4.69) is 5.32 Å². The number of ether oxygens (including phenoxy) is 1. The Labute approximate surface area is 136 Å². The van der Waals surface area contributed by atoms with Gasteiger partial charge in [-0.1, -0.05) is 23.7 Å².